The van der Waals surface area contributed by atoms with Crippen molar-refractivity contribution in [1.82, 2.24) is 4.90 Å². The summed E-state index contributed by atoms with van der Waals surface area (Å²) in [5.74, 6) is 1.49. The van der Waals surface area contributed by atoms with E-state index in [1.54, 1.807) is 14.2 Å². The van der Waals surface area contributed by atoms with E-state index in [-0.39, 0.29) is 6.04 Å². The average molecular weight is 357 g/mol. The van der Waals surface area contributed by atoms with Gasteiger partial charge in [-0.15, -0.1) is 0 Å². The fraction of sp³-hybridized carbons (Fsp3) is 0.625. The monoisotopic (exact) mass is 356 g/mol. The second-order valence-corrected chi connectivity index (χ2v) is 6.28. The third-order valence-corrected chi connectivity index (χ3v) is 4.85. The first-order chi connectivity index (χ1) is 10.2. The molecule has 0 radical (unpaired) electrons. The minimum atomic E-state index is 0.220. The van der Waals surface area contributed by atoms with Crippen LogP contribution in [0.1, 0.15) is 37.3 Å². The number of rotatable bonds is 5. The Kier molecular flexibility index (Phi) is 6.33. The van der Waals surface area contributed by atoms with E-state index >= 15 is 0 Å². The molecule has 0 bridgehead atoms. The molecule has 2 rings (SSSR count). The third kappa shape index (κ3) is 3.90. The first-order valence-corrected chi connectivity index (χ1v) is 8.36. The highest BCUT2D eigenvalue weighted by atomic mass is 79.9. The summed E-state index contributed by atoms with van der Waals surface area (Å²) in [5, 5.41) is 0. The van der Waals surface area contributed by atoms with Gasteiger partial charge in [-0.25, -0.2) is 0 Å². The Labute approximate surface area is 135 Å². The minimum absolute atomic E-state index is 0.220. The summed E-state index contributed by atoms with van der Waals surface area (Å²) in [6.45, 7) is 2.83. The molecule has 0 saturated carbocycles. The van der Waals surface area contributed by atoms with E-state index in [9.17, 15) is 0 Å². The number of halogens is 1. The van der Waals surface area contributed by atoms with Crippen LogP contribution in [0.25, 0.3) is 0 Å². The molecule has 1 aromatic rings. The molecular formula is C16H25BrN2O2. The molecule has 1 aromatic carbocycles. The van der Waals surface area contributed by atoms with Crippen LogP contribution < -0.4 is 15.2 Å². The van der Waals surface area contributed by atoms with Crippen LogP contribution in [-0.2, 0) is 0 Å². The second kappa shape index (κ2) is 8.01. The van der Waals surface area contributed by atoms with Crippen LogP contribution in [0.15, 0.2) is 16.6 Å². The molecule has 1 fully saturated rings. The van der Waals surface area contributed by atoms with E-state index in [2.05, 4.69) is 20.8 Å². The quantitative estimate of drug-likeness (QED) is 0.878. The average Bonchev–Trinajstić information content (AvgIpc) is 2.78. The van der Waals surface area contributed by atoms with Gasteiger partial charge in [-0.1, -0.05) is 28.8 Å². The third-order valence-electron chi connectivity index (χ3n) is 4.17. The van der Waals surface area contributed by atoms with Crippen LogP contribution in [0.2, 0.25) is 0 Å². The molecule has 0 aromatic heterocycles. The standard InChI is InChI=1S/C16H25BrN2O2/c1-20-15-9-12(13(17)10-16(15)21-2)14(11-18)19-7-5-3-4-6-8-19/h9-10,14H,3-8,11,18H2,1-2H3. The number of nitrogens with two attached hydrogens (primary N) is 1. The van der Waals surface area contributed by atoms with Gasteiger partial charge in [0.05, 0.1) is 14.2 Å². The summed E-state index contributed by atoms with van der Waals surface area (Å²) < 4.78 is 11.8. The maximum Gasteiger partial charge on any atom is 0.161 e. The molecule has 4 nitrogen and oxygen atoms in total. The summed E-state index contributed by atoms with van der Waals surface area (Å²) >= 11 is 3.66. The molecule has 0 aliphatic carbocycles. The second-order valence-electron chi connectivity index (χ2n) is 5.43. The Balaban J connectivity index is 2.32. The smallest absolute Gasteiger partial charge is 0.161 e. The summed E-state index contributed by atoms with van der Waals surface area (Å²) in [6.07, 6.45) is 5.14. The minimum Gasteiger partial charge on any atom is -0.493 e. The topological polar surface area (TPSA) is 47.7 Å². The van der Waals surface area contributed by atoms with Gasteiger partial charge in [-0.05, 0) is 43.6 Å². The maximum absolute atomic E-state index is 6.08. The van der Waals surface area contributed by atoms with Gasteiger partial charge in [0.2, 0.25) is 0 Å². The van der Waals surface area contributed by atoms with Crippen LogP contribution in [0.3, 0.4) is 0 Å². The van der Waals surface area contributed by atoms with E-state index in [1.807, 2.05) is 12.1 Å². The molecule has 0 amide bonds. The Morgan fingerprint density at radius 2 is 1.67 bits per heavy atom. The Bertz CT molecular complexity index is 460. The number of ether oxygens (including phenoxy) is 2. The number of benzene rings is 1. The lowest BCUT2D eigenvalue weighted by Crippen LogP contribution is -2.34. The largest absolute Gasteiger partial charge is 0.493 e. The van der Waals surface area contributed by atoms with Crippen LogP contribution in [0.5, 0.6) is 11.5 Å². The number of methoxy groups -OCH3 is 2. The molecule has 21 heavy (non-hydrogen) atoms. The van der Waals surface area contributed by atoms with Gasteiger partial charge in [0, 0.05) is 17.1 Å². The molecule has 1 unspecified atom stereocenters. The molecule has 118 valence electrons. The van der Waals surface area contributed by atoms with Crippen molar-refractivity contribution in [3.63, 3.8) is 0 Å². The Morgan fingerprint density at radius 1 is 1.10 bits per heavy atom. The van der Waals surface area contributed by atoms with Crippen molar-refractivity contribution in [3.8, 4) is 11.5 Å². The van der Waals surface area contributed by atoms with Crippen LogP contribution in [0, 0.1) is 0 Å². The van der Waals surface area contributed by atoms with Crippen LogP contribution >= 0.6 is 15.9 Å². The molecule has 5 heteroatoms. The van der Waals surface area contributed by atoms with Gasteiger partial charge in [-0.3, -0.25) is 4.90 Å². The molecule has 1 heterocycles. The molecule has 2 N–H and O–H groups in total. The molecule has 0 spiro atoms. The van der Waals surface area contributed by atoms with Crippen LogP contribution in [-0.4, -0.2) is 38.8 Å². The van der Waals surface area contributed by atoms with Crippen molar-refractivity contribution in [2.24, 2.45) is 5.73 Å². The van der Waals surface area contributed by atoms with E-state index in [0.29, 0.717) is 6.54 Å². The number of hydrogen-bond donors (Lipinski definition) is 1. The first kappa shape index (κ1) is 16.6. The fourth-order valence-electron chi connectivity index (χ4n) is 3.00. The van der Waals surface area contributed by atoms with Crippen molar-refractivity contribution in [3.05, 3.63) is 22.2 Å². The van der Waals surface area contributed by atoms with Crippen molar-refractivity contribution in [1.29, 1.82) is 0 Å². The van der Waals surface area contributed by atoms with Crippen molar-refractivity contribution in [2.45, 2.75) is 31.7 Å². The Hall–Kier alpha value is -0.780. The lowest BCUT2D eigenvalue weighted by atomic mass is 10.0. The fourth-order valence-corrected chi connectivity index (χ4v) is 3.59. The molecular weight excluding hydrogens is 332 g/mol. The lowest BCUT2D eigenvalue weighted by Gasteiger charge is -2.31. The van der Waals surface area contributed by atoms with Crippen molar-refractivity contribution < 1.29 is 9.47 Å². The number of nitrogens with zero attached hydrogens (tertiary/aromatic N) is 1. The zero-order valence-electron chi connectivity index (χ0n) is 12.9. The molecule has 1 aliphatic heterocycles. The van der Waals surface area contributed by atoms with Gasteiger partial charge >= 0.3 is 0 Å². The highest BCUT2D eigenvalue weighted by Crippen LogP contribution is 2.38. The number of likely N-dealkylation sites (tertiary alicyclic amines) is 1. The van der Waals surface area contributed by atoms with Crippen LogP contribution in [0.4, 0.5) is 0 Å². The van der Waals surface area contributed by atoms with Gasteiger partial charge in [0.25, 0.3) is 0 Å². The van der Waals surface area contributed by atoms with Gasteiger partial charge < -0.3 is 15.2 Å². The van der Waals surface area contributed by atoms with E-state index in [0.717, 1.165) is 29.1 Å². The lowest BCUT2D eigenvalue weighted by molar-refractivity contribution is 0.208. The zero-order chi connectivity index (χ0) is 15.2. The van der Waals surface area contributed by atoms with Gasteiger partial charge in [0.15, 0.2) is 11.5 Å². The van der Waals surface area contributed by atoms with E-state index < -0.39 is 0 Å². The van der Waals surface area contributed by atoms with Crippen molar-refractivity contribution >= 4 is 15.9 Å². The van der Waals surface area contributed by atoms with E-state index in [4.69, 9.17) is 15.2 Å². The van der Waals surface area contributed by atoms with Gasteiger partial charge in [0.1, 0.15) is 0 Å². The molecule has 1 atom stereocenters. The normalized spacial score (nSPS) is 18.1. The predicted molar refractivity (Wildman–Crippen MR) is 89.1 cm³/mol. The number of hydrogen-bond acceptors (Lipinski definition) is 4. The zero-order valence-corrected chi connectivity index (χ0v) is 14.5. The summed E-state index contributed by atoms with van der Waals surface area (Å²) in [7, 11) is 3.32. The Morgan fingerprint density at radius 3 is 2.19 bits per heavy atom. The SMILES string of the molecule is COc1cc(Br)c(C(CN)N2CCCCCC2)cc1OC. The van der Waals surface area contributed by atoms with E-state index in [1.165, 1.54) is 31.2 Å². The maximum atomic E-state index is 6.08. The van der Waals surface area contributed by atoms with Gasteiger partial charge in [-0.2, -0.15) is 0 Å². The molecule has 1 aliphatic rings. The molecule has 1 saturated heterocycles. The summed E-state index contributed by atoms with van der Waals surface area (Å²) in [5.41, 5.74) is 7.26. The highest BCUT2D eigenvalue weighted by Gasteiger charge is 2.23. The van der Waals surface area contributed by atoms with Crippen molar-refractivity contribution in [2.75, 3.05) is 33.9 Å². The predicted octanol–water partition coefficient (Wildman–Crippen LogP) is 3.34. The summed E-state index contributed by atoms with van der Waals surface area (Å²) in [6, 6.07) is 4.23. The summed E-state index contributed by atoms with van der Waals surface area (Å²) in [4.78, 5) is 2.50. The highest BCUT2D eigenvalue weighted by molar-refractivity contribution is 9.10. The first-order valence-electron chi connectivity index (χ1n) is 7.56.